The van der Waals surface area contributed by atoms with Crippen molar-refractivity contribution in [2.45, 2.75) is 37.6 Å². The van der Waals surface area contributed by atoms with E-state index in [2.05, 4.69) is 44.1 Å². The smallest absolute Gasteiger partial charge is 0.270 e. The molecular weight excluding hydrogens is 358 g/mol. The SMILES string of the molecule is O=C(NC[C@H](O)NC1CCc2ccccc2C1)c1cc(NC2COC2)ncn1. The number of amides is 1. The Labute approximate surface area is 163 Å². The first kappa shape index (κ1) is 18.8. The van der Waals surface area contributed by atoms with E-state index in [1.54, 1.807) is 6.07 Å². The van der Waals surface area contributed by atoms with Gasteiger partial charge in [-0.25, -0.2) is 9.97 Å². The number of hydrogen-bond donors (Lipinski definition) is 4. The molecule has 0 spiro atoms. The number of ether oxygens (including phenoxy) is 1. The van der Waals surface area contributed by atoms with Crippen LogP contribution in [0.4, 0.5) is 5.82 Å². The molecule has 1 aromatic heterocycles. The number of aryl methyl sites for hydroxylation is 1. The van der Waals surface area contributed by atoms with E-state index in [4.69, 9.17) is 4.74 Å². The van der Waals surface area contributed by atoms with Gasteiger partial charge in [-0.3, -0.25) is 10.1 Å². The third-order valence-corrected chi connectivity index (χ3v) is 5.12. The Bertz CT molecular complexity index is 827. The highest BCUT2D eigenvalue weighted by Crippen LogP contribution is 2.21. The number of benzene rings is 1. The van der Waals surface area contributed by atoms with Crippen LogP contribution in [-0.4, -0.2) is 59.1 Å². The Morgan fingerprint density at radius 3 is 2.82 bits per heavy atom. The van der Waals surface area contributed by atoms with Gasteiger partial charge in [0.1, 0.15) is 24.1 Å². The van der Waals surface area contributed by atoms with Crippen LogP contribution in [0.5, 0.6) is 0 Å². The fraction of sp³-hybridized carbons (Fsp3) is 0.450. The Morgan fingerprint density at radius 1 is 1.21 bits per heavy atom. The van der Waals surface area contributed by atoms with E-state index in [0.717, 1.165) is 19.3 Å². The molecule has 1 amide bonds. The Morgan fingerprint density at radius 2 is 2.04 bits per heavy atom. The summed E-state index contributed by atoms with van der Waals surface area (Å²) >= 11 is 0. The summed E-state index contributed by atoms with van der Waals surface area (Å²) in [5, 5.41) is 19.4. The lowest BCUT2D eigenvalue weighted by Crippen LogP contribution is -2.47. The number of carbonyl (C=O) groups excluding carboxylic acids is 1. The molecule has 8 heteroatoms. The highest BCUT2D eigenvalue weighted by atomic mass is 16.5. The van der Waals surface area contributed by atoms with Crippen molar-refractivity contribution in [1.29, 1.82) is 0 Å². The predicted octanol–water partition coefficient (Wildman–Crippen LogP) is 0.483. The van der Waals surface area contributed by atoms with Crippen LogP contribution in [0.1, 0.15) is 28.0 Å². The average molecular weight is 383 g/mol. The zero-order valence-electron chi connectivity index (χ0n) is 15.6. The monoisotopic (exact) mass is 383 g/mol. The first-order valence-corrected chi connectivity index (χ1v) is 9.63. The fourth-order valence-corrected chi connectivity index (χ4v) is 3.54. The van der Waals surface area contributed by atoms with E-state index in [9.17, 15) is 9.90 Å². The van der Waals surface area contributed by atoms with Crippen molar-refractivity contribution in [3.8, 4) is 0 Å². The standard InChI is InChI=1S/C20H25N5O3/c26-19(25-15-6-5-13-3-1-2-4-14(13)7-15)9-21-20(27)17-8-18(23-12-22-17)24-16-10-28-11-16/h1-4,8,12,15-16,19,25-26H,5-7,9-11H2,(H,21,27)(H,22,23,24)/t15?,19-/m0/s1. The van der Waals surface area contributed by atoms with Crippen LogP contribution >= 0.6 is 0 Å². The van der Waals surface area contributed by atoms with Gasteiger partial charge in [0.15, 0.2) is 0 Å². The summed E-state index contributed by atoms with van der Waals surface area (Å²) in [7, 11) is 0. The molecule has 0 saturated carbocycles. The summed E-state index contributed by atoms with van der Waals surface area (Å²) in [5.74, 6) is 0.248. The first-order chi connectivity index (χ1) is 13.7. The molecule has 8 nitrogen and oxygen atoms in total. The molecule has 2 aliphatic rings. The number of aliphatic hydroxyl groups is 1. The van der Waals surface area contributed by atoms with E-state index in [1.165, 1.54) is 17.5 Å². The quantitative estimate of drug-likeness (QED) is 0.515. The van der Waals surface area contributed by atoms with E-state index in [-0.39, 0.29) is 30.2 Å². The van der Waals surface area contributed by atoms with Crippen LogP contribution in [0.25, 0.3) is 0 Å². The van der Waals surface area contributed by atoms with Crippen LogP contribution < -0.4 is 16.0 Å². The topological polar surface area (TPSA) is 108 Å². The van der Waals surface area contributed by atoms with Gasteiger partial charge in [-0.05, 0) is 30.4 Å². The molecule has 148 valence electrons. The molecule has 2 aromatic rings. The fourth-order valence-electron chi connectivity index (χ4n) is 3.54. The van der Waals surface area contributed by atoms with Crippen molar-refractivity contribution in [2.24, 2.45) is 0 Å². The minimum atomic E-state index is -0.814. The third-order valence-electron chi connectivity index (χ3n) is 5.12. The zero-order chi connectivity index (χ0) is 19.3. The highest BCUT2D eigenvalue weighted by Gasteiger charge is 2.21. The lowest BCUT2D eigenvalue weighted by Gasteiger charge is -2.28. The second-order valence-corrected chi connectivity index (χ2v) is 7.27. The van der Waals surface area contributed by atoms with Gasteiger partial charge in [0.2, 0.25) is 0 Å². The number of rotatable bonds is 7. The van der Waals surface area contributed by atoms with E-state index >= 15 is 0 Å². The average Bonchev–Trinajstić information content (AvgIpc) is 2.69. The molecule has 0 bridgehead atoms. The van der Waals surface area contributed by atoms with Crippen molar-refractivity contribution in [2.75, 3.05) is 25.1 Å². The summed E-state index contributed by atoms with van der Waals surface area (Å²) < 4.78 is 5.11. The number of fused-ring (bicyclic) bond motifs is 1. The molecule has 2 atom stereocenters. The molecule has 1 fully saturated rings. The molecule has 2 heterocycles. The first-order valence-electron chi connectivity index (χ1n) is 9.63. The third kappa shape index (κ3) is 4.64. The van der Waals surface area contributed by atoms with Crippen molar-refractivity contribution >= 4 is 11.7 Å². The van der Waals surface area contributed by atoms with Gasteiger partial charge in [-0.1, -0.05) is 24.3 Å². The van der Waals surface area contributed by atoms with Crippen molar-refractivity contribution < 1.29 is 14.6 Å². The maximum absolute atomic E-state index is 12.3. The summed E-state index contributed by atoms with van der Waals surface area (Å²) in [6.45, 7) is 1.38. The molecule has 0 radical (unpaired) electrons. The van der Waals surface area contributed by atoms with Crippen LogP contribution in [0.15, 0.2) is 36.7 Å². The summed E-state index contributed by atoms with van der Waals surface area (Å²) in [4.78, 5) is 20.5. The zero-order valence-corrected chi connectivity index (χ0v) is 15.6. The molecule has 1 unspecified atom stereocenters. The largest absolute Gasteiger partial charge is 0.377 e. The highest BCUT2D eigenvalue weighted by molar-refractivity contribution is 5.92. The number of nitrogens with zero attached hydrogens (tertiary/aromatic N) is 2. The van der Waals surface area contributed by atoms with Crippen molar-refractivity contribution in [3.63, 3.8) is 0 Å². The molecule has 4 N–H and O–H groups in total. The van der Waals surface area contributed by atoms with Gasteiger partial charge in [0.05, 0.1) is 25.8 Å². The maximum Gasteiger partial charge on any atom is 0.270 e. The lowest BCUT2D eigenvalue weighted by atomic mass is 9.88. The molecule has 28 heavy (non-hydrogen) atoms. The second kappa shape index (κ2) is 8.64. The van der Waals surface area contributed by atoms with E-state index in [1.807, 2.05) is 6.07 Å². The molecular formula is C20H25N5O3. The summed E-state index contributed by atoms with van der Waals surface area (Å²) in [5.41, 5.74) is 2.96. The number of carbonyl (C=O) groups is 1. The van der Waals surface area contributed by atoms with Crippen LogP contribution in [0.3, 0.4) is 0 Å². The summed E-state index contributed by atoms with van der Waals surface area (Å²) in [6, 6.07) is 10.4. The molecule has 1 aromatic carbocycles. The maximum atomic E-state index is 12.3. The number of aliphatic hydroxyl groups excluding tert-OH is 1. The number of anilines is 1. The molecule has 1 aliphatic carbocycles. The van der Waals surface area contributed by atoms with Gasteiger partial charge in [0.25, 0.3) is 5.91 Å². The lowest BCUT2D eigenvalue weighted by molar-refractivity contribution is 0.0209. The van der Waals surface area contributed by atoms with E-state index < -0.39 is 6.23 Å². The van der Waals surface area contributed by atoms with Crippen LogP contribution in [0, 0.1) is 0 Å². The Balaban J connectivity index is 1.25. The van der Waals surface area contributed by atoms with Gasteiger partial charge < -0.3 is 20.5 Å². The van der Waals surface area contributed by atoms with Crippen LogP contribution in [0.2, 0.25) is 0 Å². The van der Waals surface area contributed by atoms with E-state index in [0.29, 0.717) is 19.0 Å². The second-order valence-electron chi connectivity index (χ2n) is 7.27. The minimum Gasteiger partial charge on any atom is -0.377 e. The van der Waals surface area contributed by atoms with Gasteiger partial charge >= 0.3 is 0 Å². The van der Waals surface area contributed by atoms with Crippen molar-refractivity contribution in [1.82, 2.24) is 20.6 Å². The molecule has 1 saturated heterocycles. The minimum absolute atomic E-state index is 0.111. The Hall–Kier alpha value is -2.55. The van der Waals surface area contributed by atoms with Gasteiger partial charge in [-0.15, -0.1) is 0 Å². The number of hydrogen-bond acceptors (Lipinski definition) is 7. The van der Waals surface area contributed by atoms with Gasteiger partial charge in [0, 0.05) is 12.1 Å². The van der Waals surface area contributed by atoms with Crippen molar-refractivity contribution in [3.05, 3.63) is 53.5 Å². The summed E-state index contributed by atoms with van der Waals surface area (Å²) in [6.07, 6.45) is 3.38. The van der Waals surface area contributed by atoms with Gasteiger partial charge in [-0.2, -0.15) is 0 Å². The number of nitrogens with one attached hydrogen (secondary N) is 3. The molecule has 4 rings (SSSR count). The number of aromatic nitrogens is 2. The Kier molecular flexibility index (Phi) is 5.80. The predicted molar refractivity (Wildman–Crippen MR) is 104 cm³/mol. The normalized spacial score (nSPS) is 20.0. The molecule has 1 aliphatic heterocycles. The van der Waals surface area contributed by atoms with Crippen LogP contribution in [-0.2, 0) is 17.6 Å².